The summed E-state index contributed by atoms with van der Waals surface area (Å²) in [5.41, 5.74) is 3.92. The second kappa shape index (κ2) is 5.14. The molecular weight excluding hydrogens is 308 g/mol. The van der Waals surface area contributed by atoms with Crippen molar-refractivity contribution in [2.75, 3.05) is 29.5 Å². The van der Waals surface area contributed by atoms with E-state index in [2.05, 4.69) is 9.88 Å². The van der Waals surface area contributed by atoms with Crippen LogP contribution in [0.25, 0.3) is 10.9 Å². The Hall–Kier alpha value is -1.33. The lowest BCUT2D eigenvalue weighted by molar-refractivity contribution is 0.587. The molecule has 0 spiro atoms. The zero-order chi connectivity index (χ0) is 15.2. The van der Waals surface area contributed by atoms with Crippen LogP contribution in [0.3, 0.4) is 0 Å². The van der Waals surface area contributed by atoms with Gasteiger partial charge in [-0.2, -0.15) is 0 Å². The maximum Gasteiger partial charge on any atom is 0.153 e. The first kappa shape index (κ1) is 14.6. The summed E-state index contributed by atoms with van der Waals surface area (Å²) in [7, 11) is -2.89. The van der Waals surface area contributed by atoms with E-state index >= 15 is 0 Å². The molecule has 0 bridgehead atoms. The molecule has 0 radical (unpaired) electrons. The normalized spacial score (nSPS) is 18.1. The van der Waals surface area contributed by atoms with Gasteiger partial charge in [0, 0.05) is 34.9 Å². The quantitative estimate of drug-likeness (QED) is 0.809. The molecule has 0 aliphatic carbocycles. The number of sulfone groups is 1. The minimum absolute atomic E-state index is 0.204. The third-order valence-electron chi connectivity index (χ3n) is 3.86. The highest BCUT2D eigenvalue weighted by atomic mass is 35.5. The van der Waals surface area contributed by atoms with Gasteiger partial charge in [0.2, 0.25) is 0 Å². The average Bonchev–Trinajstić information content (AvgIpc) is 2.39. The number of fused-ring (bicyclic) bond motifs is 1. The zero-order valence-electron chi connectivity index (χ0n) is 12.1. The zero-order valence-corrected chi connectivity index (χ0v) is 13.6. The second-order valence-electron chi connectivity index (χ2n) is 5.54. The first-order valence-electron chi connectivity index (χ1n) is 6.88. The Morgan fingerprint density at radius 2 is 1.81 bits per heavy atom. The lowest BCUT2D eigenvalue weighted by Crippen LogP contribution is -2.40. The Bertz CT molecular complexity index is 804. The summed E-state index contributed by atoms with van der Waals surface area (Å²) in [6.45, 7) is 4.99. The van der Waals surface area contributed by atoms with E-state index in [0.717, 1.165) is 27.8 Å². The van der Waals surface area contributed by atoms with Crippen LogP contribution in [0.1, 0.15) is 11.3 Å². The maximum atomic E-state index is 11.6. The van der Waals surface area contributed by atoms with Crippen LogP contribution < -0.4 is 4.90 Å². The van der Waals surface area contributed by atoms with E-state index in [1.165, 1.54) is 0 Å². The number of halogens is 1. The van der Waals surface area contributed by atoms with Crippen molar-refractivity contribution in [2.24, 2.45) is 0 Å². The summed E-state index contributed by atoms with van der Waals surface area (Å²) in [5.74, 6) is 0.408. The standard InChI is InChI=1S/C15H17ClN2O2S/c1-10-7-12(16)9-13-14(8-11(2)17-15(10)13)18-3-5-21(19,20)6-4-18/h7-9H,3-6H2,1-2H3. The molecule has 0 unspecified atom stereocenters. The van der Waals surface area contributed by atoms with Crippen molar-refractivity contribution in [3.63, 3.8) is 0 Å². The van der Waals surface area contributed by atoms with Crippen molar-refractivity contribution in [3.05, 3.63) is 34.5 Å². The van der Waals surface area contributed by atoms with Crippen LogP contribution in [0.15, 0.2) is 18.2 Å². The van der Waals surface area contributed by atoms with E-state index in [0.29, 0.717) is 18.1 Å². The average molecular weight is 325 g/mol. The minimum atomic E-state index is -2.89. The maximum absolute atomic E-state index is 11.6. The molecule has 21 heavy (non-hydrogen) atoms. The molecule has 112 valence electrons. The predicted molar refractivity (Wildman–Crippen MR) is 87.1 cm³/mol. The van der Waals surface area contributed by atoms with Gasteiger partial charge in [-0.15, -0.1) is 0 Å². The number of benzene rings is 1. The summed E-state index contributed by atoms with van der Waals surface area (Å²) in [6, 6.07) is 5.82. The Morgan fingerprint density at radius 3 is 2.48 bits per heavy atom. The Balaban J connectivity index is 2.14. The molecule has 6 heteroatoms. The molecule has 4 nitrogen and oxygen atoms in total. The van der Waals surface area contributed by atoms with Crippen molar-refractivity contribution < 1.29 is 8.42 Å². The van der Waals surface area contributed by atoms with Crippen LogP contribution in [-0.4, -0.2) is 38.0 Å². The molecule has 0 atom stereocenters. The van der Waals surface area contributed by atoms with Gasteiger partial charge in [-0.1, -0.05) is 11.6 Å². The third-order valence-corrected chi connectivity index (χ3v) is 5.69. The van der Waals surface area contributed by atoms with E-state index < -0.39 is 9.84 Å². The molecule has 1 aliphatic rings. The highest BCUT2D eigenvalue weighted by molar-refractivity contribution is 7.91. The van der Waals surface area contributed by atoms with Crippen LogP contribution in [-0.2, 0) is 9.84 Å². The highest BCUT2D eigenvalue weighted by Crippen LogP contribution is 2.32. The predicted octanol–water partition coefficient (Wildman–Crippen LogP) is 2.74. The van der Waals surface area contributed by atoms with E-state index in [4.69, 9.17) is 11.6 Å². The first-order chi connectivity index (χ1) is 9.85. The number of hydrogen-bond donors (Lipinski definition) is 0. The van der Waals surface area contributed by atoms with Crippen LogP contribution >= 0.6 is 11.6 Å². The van der Waals surface area contributed by atoms with Crippen molar-refractivity contribution in [2.45, 2.75) is 13.8 Å². The molecule has 2 heterocycles. The SMILES string of the molecule is Cc1cc(N2CCS(=O)(=O)CC2)c2cc(Cl)cc(C)c2n1. The van der Waals surface area contributed by atoms with Crippen molar-refractivity contribution in [1.29, 1.82) is 0 Å². The largest absolute Gasteiger partial charge is 0.369 e. The molecule has 1 aromatic heterocycles. The lowest BCUT2D eigenvalue weighted by atomic mass is 10.1. The molecule has 1 saturated heterocycles. The monoisotopic (exact) mass is 324 g/mol. The summed E-state index contributed by atoms with van der Waals surface area (Å²) >= 11 is 6.18. The van der Waals surface area contributed by atoms with Gasteiger partial charge in [0.05, 0.1) is 17.0 Å². The van der Waals surface area contributed by atoms with Gasteiger partial charge in [-0.25, -0.2) is 8.42 Å². The summed E-state index contributed by atoms with van der Waals surface area (Å²) in [6.07, 6.45) is 0. The fourth-order valence-electron chi connectivity index (χ4n) is 2.78. The van der Waals surface area contributed by atoms with Gasteiger partial charge in [0.15, 0.2) is 9.84 Å². The van der Waals surface area contributed by atoms with E-state index in [1.807, 2.05) is 32.0 Å². The third kappa shape index (κ3) is 2.85. The van der Waals surface area contributed by atoms with Gasteiger partial charge in [0.1, 0.15) is 0 Å². The lowest BCUT2D eigenvalue weighted by Gasteiger charge is -2.30. The topological polar surface area (TPSA) is 50.3 Å². The highest BCUT2D eigenvalue weighted by Gasteiger charge is 2.23. The summed E-state index contributed by atoms with van der Waals surface area (Å²) in [4.78, 5) is 6.72. The van der Waals surface area contributed by atoms with Crippen LogP contribution in [0.5, 0.6) is 0 Å². The number of nitrogens with zero attached hydrogens (tertiary/aromatic N) is 2. The fraction of sp³-hybridized carbons (Fsp3) is 0.400. The summed E-state index contributed by atoms with van der Waals surface area (Å²) in [5, 5.41) is 1.67. The van der Waals surface area contributed by atoms with Gasteiger partial charge in [-0.3, -0.25) is 4.98 Å². The molecule has 0 amide bonds. The van der Waals surface area contributed by atoms with Gasteiger partial charge >= 0.3 is 0 Å². The van der Waals surface area contributed by atoms with Gasteiger partial charge in [0.25, 0.3) is 0 Å². The van der Waals surface area contributed by atoms with Crippen LogP contribution in [0.4, 0.5) is 5.69 Å². The van der Waals surface area contributed by atoms with E-state index in [-0.39, 0.29) is 11.5 Å². The number of aromatic nitrogens is 1. The van der Waals surface area contributed by atoms with Gasteiger partial charge < -0.3 is 4.90 Å². The Morgan fingerprint density at radius 1 is 1.14 bits per heavy atom. The van der Waals surface area contributed by atoms with Crippen LogP contribution in [0.2, 0.25) is 5.02 Å². The van der Waals surface area contributed by atoms with Gasteiger partial charge in [-0.05, 0) is 37.6 Å². The second-order valence-corrected chi connectivity index (χ2v) is 8.28. The van der Waals surface area contributed by atoms with Crippen LogP contribution in [0, 0.1) is 13.8 Å². The summed E-state index contributed by atoms with van der Waals surface area (Å²) < 4.78 is 23.2. The number of anilines is 1. The molecule has 1 aliphatic heterocycles. The van der Waals surface area contributed by atoms with E-state index in [1.54, 1.807) is 0 Å². The molecule has 1 fully saturated rings. The number of rotatable bonds is 1. The van der Waals surface area contributed by atoms with Crippen molar-refractivity contribution >= 4 is 38.0 Å². The fourth-order valence-corrected chi connectivity index (χ4v) is 4.25. The molecule has 0 saturated carbocycles. The molecule has 2 aromatic rings. The number of hydrogen-bond acceptors (Lipinski definition) is 4. The first-order valence-corrected chi connectivity index (χ1v) is 9.08. The number of pyridine rings is 1. The Kier molecular flexibility index (Phi) is 3.58. The molecule has 0 N–H and O–H groups in total. The minimum Gasteiger partial charge on any atom is -0.369 e. The molecule has 3 rings (SSSR count). The number of aryl methyl sites for hydroxylation is 2. The smallest absolute Gasteiger partial charge is 0.153 e. The Labute approximate surface area is 129 Å². The molecular formula is C15H17ClN2O2S. The van der Waals surface area contributed by atoms with E-state index in [9.17, 15) is 8.42 Å². The van der Waals surface area contributed by atoms with Crippen molar-refractivity contribution in [3.8, 4) is 0 Å². The molecule has 1 aromatic carbocycles. The van der Waals surface area contributed by atoms with Crippen molar-refractivity contribution in [1.82, 2.24) is 4.98 Å².